The summed E-state index contributed by atoms with van der Waals surface area (Å²) in [5, 5.41) is 3.81. The molecule has 0 saturated heterocycles. The average Bonchev–Trinajstić information content (AvgIpc) is 2.72. The number of hydrogen-bond donors (Lipinski definition) is 1. The molecule has 1 atom stereocenters. The van der Waals surface area contributed by atoms with Crippen LogP contribution in [0.4, 0.5) is 4.39 Å². The predicted octanol–water partition coefficient (Wildman–Crippen LogP) is 6.15. The molecule has 2 rings (SSSR count). The van der Waals surface area contributed by atoms with Gasteiger partial charge in [-0.25, -0.2) is 4.39 Å². The number of benzene rings is 1. The van der Waals surface area contributed by atoms with Gasteiger partial charge in [0.25, 0.3) is 0 Å². The predicted molar refractivity (Wildman–Crippen MR) is 91.3 cm³/mol. The Morgan fingerprint density at radius 3 is 2.70 bits per heavy atom. The Balaban J connectivity index is 2.50. The monoisotopic (exact) mass is 439 g/mol. The molecule has 1 aromatic carbocycles. The van der Waals surface area contributed by atoms with Gasteiger partial charge in [0, 0.05) is 10.6 Å². The van der Waals surface area contributed by atoms with Crippen molar-refractivity contribution in [3.63, 3.8) is 0 Å². The summed E-state index contributed by atoms with van der Waals surface area (Å²) in [6.07, 6.45) is 0.964. The molecule has 0 bridgehead atoms. The summed E-state index contributed by atoms with van der Waals surface area (Å²) in [5.74, 6) is -0.291. The molecule has 1 unspecified atom stereocenters. The Morgan fingerprint density at radius 2 is 2.15 bits per heavy atom. The van der Waals surface area contributed by atoms with Gasteiger partial charge in [0.05, 0.1) is 13.6 Å². The van der Waals surface area contributed by atoms with Crippen LogP contribution in [0, 0.1) is 5.82 Å². The van der Waals surface area contributed by atoms with Crippen LogP contribution in [-0.4, -0.2) is 6.54 Å². The standard InChI is InChI=1S/C14H13Br2ClFNS/c1-2-6-19-13(8-7-11(15)20-14(8)16)12-9(17)4-3-5-10(12)18/h3-5,7,13,19H,2,6H2,1H3. The lowest BCUT2D eigenvalue weighted by molar-refractivity contribution is 0.547. The molecule has 0 spiro atoms. The van der Waals surface area contributed by atoms with E-state index in [0.717, 1.165) is 26.1 Å². The van der Waals surface area contributed by atoms with Crippen LogP contribution in [0.5, 0.6) is 0 Å². The van der Waals surface area contributed by atoms with Crippen LogP contribution in [0.25, 0.3) is 0 Å². The molecular formula is C14H13Br2ClFNS. The van der Waals surface area contributed by atoms with Crippen LogP contribution in [-0.2, 0) is 0 Å². The SMILES string of the molecule is CCCNC(c1cc(Br)sc1Br)c1c(F)cccc1Cl. The molecule has 6 heteroatoms. The zero-order chi connectivity index (χ0) is 14.7. The van der Waals surface area contributed by atoms with Gasteiger partial charge in [-0.1, -0.05) is 24.6 Å². The third-order valence-electron chi connectivity index (χ3n) is 2.88. The van der Waals surface area contributed by atoms with E-state index in [9.17, 15) is 4.39 Å². The smallest absolute Gasteiger partial charge is 0.129 e. The Morgan fingerprint density at radius 1 is 1.40 bits per heavy atom. The van der Waals surface area contributed by atoms with Gasteiger partial charge in [0.2, 0.25) is 0 Å². The molecule has 0 aliphatic carbocycles. The topological polar surface area (TPSA) is 12.0 Å². The second kappa shape index (κ2) is 7.36. The van der Waals surface area contributed by atoms with Gasteiger partial charge in [0.1, 0.15) is 5.82 Å². The summed E-state index contributed by atoms with van der Waals surface area (Å²) < 4.78 is 16.2. The normalized spacial score (nSPS) is 12.7. The van der Waals surface area contributed by atoms with E-state index in [-0.39, 0.29) is 11.9 Å². The van der Waals surface area contributed by atoms with Crippen molar-refractivity contribution in [2.45, 2.75) is 19.4 Å². The van der Waals surface area contributed by atoms with Crippen LogP contribution in [0.1, 0.15) is 30.5 Å². The molecule has 0 amide bonds. The fraction of sp³-hybridized carbons (Fsp3) is 0.286. The van der Waals surface area contributed by atoms with Crippen molar-refractivity contribution >= 4 is 54.8 Å². The lowest BCUT2D eigenvalue weighted by atomic mass is 10.0. The molecule has 0 radical (unpaired) electrons. The first-order valence-corrected chi connectivity index (χ1v) is 8.94. The van der Waals surface area contributed by atoms with E-state index >= 15 is 0 Å². The number of rotatable bonds is 5. The average molecular weight is 442 g/mol. The highest BCUT2D eigenvalue weighted by atomic mass is 79.9. The third kappa shape index (κ3) is 3.63. The maximum absolute atomic E-state index is 14.2. The molecule has 0 aliphatic heterocycles. The van der Waals surface area contributed by atoms with Gasteiger partial charge < -0.3 is 5.32 Å². The Labute approximate surface area is 143 Å². The summed E-state index contributed by atoms with van der Waals surface area (Å²) in [4.78, 5) is 0. The maximum atomic E-state index is 14.2. The largest absolute Gasteiger partial charge is 0.306 e. The molecule has 0 fully saturated rings. The number of nitrogens with one attached hydrogen (secondary N) is 1. The van der Waals surface area contributed by atoms with Crippen molar-refractivity contribution < 1.29 is 4.39 Å². The van der Waals surface area contributed by atoms with Crippen LogP contribution in [0.2, 0.25) is 5.02 Å². The lowest BCUT2D eigenvalue weighted by Gasteiger charge is -2.20. The first-order valence-electron chi connectivity index (χ1n) is 6.16. The van der Waals surface area contributed by atoms with Gasteiger partial charge >= 0.3 is 0 Å². The van der Waals surface area contributed by atoms with Gasteiger partial charge in [-0.3, -0.25) is 0 Å². The highest BCUT2D eigenvalue weighted by molar-refractivity contribution is 9.12. The molecule has 108 valence electrons. The minimum absolute atomic E-state index is 0.263. The Hall–Kier alpha value is 0.0600. The molecule has 1 heterocycles. The van der Waals surface area contributed by atoms with E-state index in [1.165, 1.54) is 6.07 Å². The highest BCUT2D eigenvalue weighted by Gasteiger charge is 2.23. The first-order chi connectivity index (χ1) is 9.54. The maximum Gasteiger partial charge on any atom is 0.129 e. The van der Waals surface area contributed by atoms with Crippen molar-refractivity contribution in [3.05, 3.63) is 53.8 Å². The quantitative estimate of drug-likeness (QED) is 0.586. The third-order valence-corrected chi connectivity index (χ3v) is 5.60. The Bertz CT molecular complexity index is 583. The number of thiophene rings is 1. The van der Waals surface area contributed by atoms with Crippen LogP contribution >= 0.6 is 54.8 Å². The lowest BCUT2D eigenvalue weighted by Crippen LogP contribution is -2.24. The second-order valence-corrected chi connectivity index (χ2v) is 8.46. The van der Waals surface area contributed by atoms with Gasteiger partial charge in [-0.05, 0) is 68.6 Å². The zero-order valence-electron chi connectivity index (χ0n) is 10.7. The van der Waals surface area contributed by atoms with E-state index < -0.39 is 0 Å². The van der Waals surface area contributed by atoms with Crippen LogP contribution < -0.4 is 5.32 Å². The van der Waals surface area contributed by atoms with E-state index in [1.807, 2.05) is 6.07 Å². The van der Waals surface area contributed by atoms with Crippen molar-refractivity contribution in [3.8, 4) is 0 Å². The van der Waals surface area contributed by atoms with E-state index in [0.29, 0.717) is 10.6 Å². The van der Waals surface area contributed by atoms with Gasteiger partial charge in [-0.2, -0.15) is 0 Å². The van der Waals surface area contributed by atoms with Crippen molar-refractivity contribution in [2.24, 2.45) is 0 Å². The molecule has 0 saturated carbocycles. The minimum atomic E-state index is -0.291. The summed E-state index contributed by atoms with van der Waals surface area (Å²) in [6.45, 7) is 2.86. The number of hydrogen-bond acceptors (Lipinski definition) is 2. The van der Waals surface area contributed by atoms with E-state index in [1.54, 1.807) is 23.5 Å². The Kier molecular flexibility index (Phi) is 6.05. The van der Waals surface area contributed by atoms with Crippen molar-refractivity contribution in [1.29, 1.82) is 0 Å². The molecule has 1 aromatic heterocycles. The van der Waals surface area contributed by atoms with Crippen LogP contribution in [0.3, 0.4) is 0 Å². The van der Waals surface area contributed by atoms with Gasteiger partial charge in [-0.15, -0.1) is 11.3 Å². The highest BCUT2D eigenvalue weighted by Crippen LogP contribution is 2.40. The second-order valence-electron chi connectivity index (χ2n) is 4.30. The summed E-state index contributed by atoms with van der Waals surface area (Å²) in [6, 6.07) is 6.51. The van der Waals surface area contributed by atoms with Gasteiger partial charge in [0.15, 0.2) is 0 Å². The van der Waals surface area contributed by atoms with E-state index in [4.69, 9.17) is 11.6 Å². The minimum Gasteiger partial charge on any atom is -0.306 e. The van der Waals surface area contributed by atoms with Crippen LogP contribution in [0.15, 0.2) is 31.8 Å². The molecule has 2 aromatic rings. The van der Waals surface area contributed by atoms with Crippen molar-refractivity contribution in [2.75, 3.05) is 6.54 Å². The molecule has 20 heavy (non-hydrogen) atoms. The fourth-order valence-corrected chi connectivity index (χ4v) is 5.17. The molecular weight excluding hydrogens is 428 g/mol. The number of halogens is 4. The fourth-order valence-electron chi connectivity index (χ4n) is 1.99. The van der Waals surface area contributed by atoms with E-state index in [2.05, 4.69) is 44.1 Å². The molecule has 1 nitrogen and oxygen atoms in total. The summed E-state index contributed by atoms with van der Waals surface area (Å²) in [5.41, 5.74) is 1.48. The molecule has 0 aliphatic rings. The summed E-state index contributed by atoms with van der Waals surface area (Å²) in [7, 11) is 0. The van der Waals surface area contributed by atoms with Crippen molar-refractivity contribution in [1.82, 2.24) is 5.32 Å². The summed E-state index contributed by atoms with van der Waals surface area (Å²) >= 11 is 14.8. The zero-order valence-corrected chi connectivity index (χ0v) is 15.5. The molecule has 1 N–H and O–H groups in total. The first kappa shape index (κ1) is 16.4.